The maximum atomic E-state index is 13.4. The van der Waals surface area contributed by atoms with Crippen molar-refractivity contribution in [1.29, 1.82) is 0 Å². The summed E-state index contributed by atoms with van der Waals surface area (Å²) in [4.78, 5) is 33.9. The van der Waals surface area contributed by atoms with Crippen molar-refractivity contribution < 1.29 is 28.0 Å². The number of carbonyl (C=O) groups is 2. The van der Waals surface area contributed by atoms with Crippen molar-refractivity contribution in [3.05, 3.63) is 94.5 Å². The number of para-hydroxylation sites is 3. The topological polar surface area (TPSA) is 150 Å². The highest BCUT2D eigenvalue weighted by molar-refractivity contribution is 7.93. The lowest BCUT2D eigenvalue weighted by Gasteiger charge is -2.24. The standard InChI is InChI=1S/C21H17N3O7S/c25-20(22-17-11-5-4-10-16(17)21(26)27)14-23(15-8-2-1-3-9-15)32(30,31)19-13-7-6-12-18(19)24(28)29/h1-13H,14H2,(H,22,25)(H,26,27)/p-1. The lowest BCUT2D eigenvalue weighted by atomic mass is 10.2. The van der Waals surface area contributed by atoms with Gasteiger partial charge in [-0.15, -0.1) is 0 Å². The normalized spacial score (nSPS) is 10.9. The molecule has 10 nitrogen and oxygen atoms in total. The maximum Gasteiger partial charge on any atom is 0.289 e. The Balaban J connectivity index is 2.01. The van der Waals surface area contributed by atoms with Crippen molar-refractivity contribution in [1.82, 2.24) is 0 Å². The van der Waals surface area contributed by atoms with E-state index in [1.54, 1.807) is 18.2 Å². The average Bonchev–Trinajstić information content (AvgIpc) is 2.78. The van der Waals surface area contributed by atoms with Gasteiger partial charge in [-0.3, -0.25) is 19.2 Å². The Morgan fingerprint density at radius 2 is 1.50 bits per heavy atom. The number of nitro groups is 1. The fourth-order valence-corrected chi connectivity index (χ4v) is 4.53. The maximum absolute atomic E-state index is 13.4. The largest absolute Gasteiger partial charge is 0.545 e. The first kappa shape index (κ1) is 22.4. The van der Waals surface area contributed by atoms with Gasteiger partial charge in [-0.1, -0.05) is 48.5 Å². The Bertz CT molecular complexity index is 1280. The van der Waals surface area contributed by atoms with Crippen LogP contribution in [-0.2, 0) is 14.8 Å². The summed E-state index contributed by atoms with van der Waals surface area (Å²) in [5.41, 5.74) is -0.910. The van der Waals surface area contributed by atoms with Crippen molar-refractivity contribution in [2.24, 2.45) is 0 Å². The minimum atomic E-state index is -4.54. The molecule has 3 aromatic rings. The minimum Gasteiger partial charge on any atom is -0.545 e. The summed E-state index contributed by atoms with van der Waals surface area (Å²) in [5, 5.41) is 25.0. The van der Waals surface area contributed by atoms with Gasteiger partial charge < -0.3 is 15.2 Å². The fraction of sp³-hybridized carbons (Fsp3) is 0.0476. The summed E-state index contributed by atoms with van der Waals surface area (Å²) >= 11 is 0. The van der Waals surface area contributed by atoms with Gasteiger partial charge in [0.05, 0.1) is 16.6 Å². The van der Waals surface area contributed by atoms with Crippen LogP contribution in [0.5, 0.6) is 0 Å². The Morgan fingerprint density at radius 1 is 0.906 bits per heavy atom. The molecule has 0 aliphatic carbocycles. The molecule has 0 aliphatic heterocycles. The van der Waals surface area contributed by atoms with Crippen molar-refractivity contribution in [3.63, 3.8) is 0 Å². The number of anilines is 2. The zero-order valence-electron chi connectivity index (χ0n) is 16.4. The first-order chi connectivity index (χ1) is 15.2. The Kier molecular flexibility index (Phi) is 6.50. The van der Waals surface area contributed by atoms with E-state index in [4.69, 9.17) is 0 Å². The van der Waals surface area contributed by atoms with Crippen LogP contribution in [0.4, 0.5) is 17.1 Å². The second kappa shape index (κ2) is 9.27. The lowest BCUT2D eigenvalue weighted by molar-refractivity contribution is -0.387. The first-order valence-corrected chi connectivity index (χ1v) is 10.6. The van der Waals surface area contributed by atoms with Crippen LogP contribution in [0.25, 0.3) is 0 Å². The molecule has 0 saturated heterocycles. The number of carboxylic acid groups (broad SMARTS) is 1. The van der Waals surface area contributed by atoms with E-state index in [2.05, 4.69) is 5.32 Å². The van der Waals surface area contributed by atoms with Crippen LogP contribution < -0.4 is 14.7 Å². The highest BCUT2D eigenvalue weighted by Crippen LogP contribution is 2.29. The molecule has 0 bridgehead atoms. The number of nitrogens with one attached hydrogen (secondary N) is 1. The smallest absolute Gasteiger partial charge is 0.289 e. The van der Waals surface area contributed by atoms with Gasteiger partial charge in [0, 0.05) is 17.3 Å². The number of rotatable bonds is 8. The van der Waals surface area contributed by atoms with Gasteiger partial charge >= 0.3 is 0 Å². The van der Waals surface area contributed by atoms with Gasteiger partial charge in [0.15, 0.2) is 4.90 Å². The zero-order chi connectivity index (χ0) is 23.3. The second-order valence-corrected chi connectivity index (χ2v) is 8.28. The van der Waals surface area contributed by atoms with Crippen LogP contribution >= 0.6 is 0 Å². The second-order valence-electron chi connectivity index (χ2n) is 6.45. The SMILES string of the molecule is O=C(CN(c1ccccc1)S(=O)(=O)c1ccccc1[N+](=O)[O-])Nc1ccccc1C(=O)[O-]. The molecule has 0 saturated carbocycles. The van der Waals surface area contributed by atoms with E-state index >= 15 is 0 Å². The number of nitro benzene ring substituents is 1. The van der Waals surface area contributed by atoms with E-state index in [1.807, 2.05) is 0 Å². The molecule has 3 aromatic carbocycles. The van der Waals surface area contributed by atoms with Gasteiger partial charge in [0.25, 0.3) is 15.7 Å². The highest BCUT2D eigenvalue weighted by atomic mass is 32.2. The molecule has 0 unspecified atom stereocenters. The average molecular weight is 454 g/mol. The van der Waals surface area contributed by atoms with Crippen molar-refractivity contribution in [3.8, 4) is 0 Å². The molecule has 11 heteroatoms. The molecule has 0 spiro atoms. The van der Waals surface area contributed by atoms with Crippen molar-refractivity contribution in [2.75, 3.05) is 16.2 Å². The zero-order valence-corrected chi connectivity index (χ0v) is 17.2. The Hall–Kier alpha value is -4.25. The fourth-order valence-electron chi connectivity index (χ4n) is 2.94. The predicted molar refractivity (Wildman–Crippen MR) is 113 cm³/mol. The first-order valence-electron chi connectivity index (χ1n) is 9.13. The number of carbonyl (C=O) groups excluding carboxylic acids is 2. The van der Waals surface area contributed by atoms with Crippen LogP contribution in [0.1, 0.15) is 10.4 Å². The molecular formula is C21H16N3O7S-. The minimum absolute atomic E-state index is 0.0754. The van der Waals surface area contributed by atoms with Crippen molar-refractivity contribution in [2.45, 2.75) is 4.90 Å². The Morgan fingerprint density at radius 3 is 2.16 bits per heavy atom. The van der Waals surface area contributed by atoms with E-state index in [9.17, 15) is 33.2 Å². The van der Waals surface area contributed by atoms with Crippen LogP contribution in [0.3, 0.4) is 0 Å². The predicted octanol–water partition coefficient (Wildman–Crippen LogP) is 1.79. The molecule has 3 rings (SSSR count). The van der Waals surface area contributed by atoms with Crippen LogP contribution in [0, 0.1) is 10.1 Å². The molecule has 0 fully saturated rings. The van der Waals surface area contributed by atoms with E-state index < -0.39 is 44.0 Å². The molecule has 1 amide bonds. The van der Waals surface area contributed by atoms with Crippen LogP contribution in [0.15, 0.2) is 83.8 Å². The molecule has 0 radical (unpaired) electrons. The molecule has 0 atom stereocenters. The third-order valence-corrected chi connectivity index (χ3v) is 6.20. The number of nitrogens with zero attached hydrogens (tertiary/aromatic N) is 2. The van der Waals surface area contributed by atoms with Gasteiger partial charge in [-0.25, -0.2) is 8.42 Å². The molecule has 0 aromatic heterocycles. The molecule has 0 heterocycles. The van der Waals surface area contributed by atoms with Crippen LogP contribution in [-0.4, -0.2) is 31.8 Å². The molecule has 1 N–H and O–H groups in total. The van der Waals surface area contributed by atoms with Crippen LogP contribution in [0.2, 0.25) is 0 Å². The van der Waals surface area contributed by atoms with Gasteiger partial charge in [0.1, 0.15) is 6.54 Å². The molecule has 164 valence electrons. The molecule has 0 aliphatic rings. The molecule has 32 heavy (non-hydrogen) atoms. The van der Waals surface area contributed by atoms with Gasteiger partial charge in [-0.05, 0) is 24.3 Å². The van der Waals surface area contributed by atoms with Gasteiger partial charge in [-0.2, -0.15) is 0 Å². The summed E-state index contributed by atoms with van der Waals surface area (Å²) in [6.45, 7) is -0.764. The highest BCUT2D eigenvalue weighted by Gasteiger charge is 2.33. The number of amides is 1. The third-order valence-electron chi connectivity index (χ3n) is 4.38. The lowest BCUT2D eigenvalue weighted by Crippen LogP contribution is -2.38. The van der Waals surface area contributed by atoms with Gasteiger partial charge in [0.2, 0.25) is 5.91 Å². The summed E-state index contributed by atoms with van der Waals surface area (Å²) in [5.74, 6) is -2.38. The van der Waals surface area contributed by atoms with E-state index in [1.165, 1.54) is 48.5 Å². The van der Waals surface area contributed by atoms with Crippen molar-refractivity contribution >= 4 is 39.0 Å². The van der Waals surface area contributed by atoms with E-state index in [-0.39, 0.29) is 16.9 Å². The number of aromatic carboxylic acids is 1. The monoisotopic (exact) mass is 454 g/mol. The Labute approximate surface area is 182 Å². The summed E-state index contributed by atoms with van der Waals surface area (Å²) in [6, 6.07) is 17.8. The number of benzene rings is 3. The van der Waals surface area contributed by atoms with E-state index in [0.717, 1.165) is 12.1 Å². The summed E-state index contributed by atoms with van der Waals surface area (Å²) < 4.78 is 27.4. The number of hydrogen-bond acceptors (Lipinski definition) is 7. The third kappa shape index (κ3) is 4.73. The summed E-state index contributed by atoms with van der Waals surface area (Å²) in [6.07, 6.45) is 0. The number of hydrogen-bond donors (Lipinski definition) is 1. The number of sulfonamides is 1. The van der Waals surface area contributed by atoms with E-state index in [0.29, 0.717) is 4.31 Å². The summed E-state index contributed by atoms with van der Waals surface area (Å²) in [7, 11) is -4.54. The molecular weight excluding hydrogens is 438 g/mol. The number of carboxylic acids is 1. The quantitative estimate of drug-likeness (QED) is 0.403.